The topological polar surface area (TPSA) is 26.3 Å². The minimum Gasteiger partial charge on any atom is -0.462 e. The van der Waals surface area contributed by atoms with Crippen molar-refractivity contribution in [2.24, 2.45) is 17.8 Å². The van der Waals surface area contributed by atoms with Gasteiger partial charge in [0.25, 0.3) is 0 Å². The number of hydrogen-bond donors (Lipinski definition) is 0. The van der Waals surface area contributed by atoms with Crippen LogP contribution < -0.4 is 0 Å². The molecule has 0 radical (unpaired) electrons. The molecule has 2 heteroatoms. The van der Waals surface area contributed by atoms with Crippen LogP contribution in [0.25, 0.3) is 0 Å². The fraction of sp³-hybridized carbons (Fsp3) is 0.889. The molecule has 0 amide bonds. The first-order valence-corrected chi connectivity index (χ1v) is 4.52. The number of rotatable bonds is 0. The van der Waals surface area contributed by atoms with Gasteiger partial charge < -0.3 is 4.74 Å². The second-order valence-corrected chi connectivity index (χ2v) is 4.23. The Morgan fingerprint density at radius 2 is 2.18 bits per heavy atom. The Kier molecular flexibility index (Phi) is 0.984. The molecule has 4 atom stereocenters. The molecule has 0 unspecified atom stereocenters. The molecule has 3 rings (SSSR count). The largest absolute Gasteiger partial charge is 0.462 e. The van der Waals surface area contributed by atoms with E-state index in [-0.39, 0.29) is 5.97 Å². The van der Waals surface area contributed by atoms with Gasteiger partial charge in [0.15, 0.2) is 0 Å². The third kappa shape index (κ3) is 0.700. The molecule has 3 aliphatic rings. The fourth-order valence-electron chi connectivity index (χ4n) is 3.23. The summed E-state index contributed by atoms with van der Waals surface area (Å²) in [5, 5.41) is 0. The lowest BCUT2D eigenvalue weighted by molar-refractivity contribution is -0.162. The van der Waals surface area contributed by atoms with E-state index in [1.165, 1.54) is 12.8 Å². The lowest BCUT2D eigenvalue weighted by atomic mass is 9.82. The van der Waals surface area contributed by atoms with Crippen LogP contribution in [-0.2, 0) is 9.53 Å². The van der Waals surface area contributed by atoms with Crippen molar-refractivity contribution in [1.29, 1.82) is 0 Å². The molecule has 11 heavy (non-hydrogen) atoms. The maximum absolute atomic E-state index is 11.0. The number of hydrogen-bond acceptors (Lipinski definition) is 2. The SMILES string of the molecule is O=C1C[C@@H]2C[C@H]3C[C@@H]2[C@@H](C3)O1. The summed E-state index contributed by atoms with van der Waals surface area (Å²) in [4.78, 5) is 11.0. The van der Waals surface area contributed by atoms with Gasteiger partial charge in [0.2, 0.25) is 0 Å². The normalized spacial score (nSPS) is 52.9. The molecule has 2 aliphatic carbocycles. The average molecular weight is 152 g/mol. The lowest BCUT2D eigenvalue weighted by Crippen LogP contribution is -2.36. The minimum absolute atomic E-state index is 0.0524. The Morgan fingerprint density at radius 1 is 1.27 bits per heavy atom. The zero-order chi connectivity index (χ0) is 7.42. The van der Waals surface area contributed by atoms with Crippen molar-refractivity contribution < 1.29 is 9.53 Å². The van der Waals surface area contributed by atoms with Crippen LogP contribution in [0.1, 0.15) is 25.7 Å². The Hall–Kier alpha value is -0.530. The van der Waals surface area contributed by atoms with Gasteiger partial charge in [-0.3, -0.25) is 4.79 Å². The van der Waals surface area contributed by atoms with Crippen LogP contribution in [-0.4, -0.2) is 12.1 Å². The van der Waals surface area contributed by atoms with E-state index in [1.54, 1.807) is 0 Å². The zero-order valence-corrected chi connectivity index (χ0v) is 6.45. The first kappa shape index (κ1) is 6.04. The first-order valence-electron chi connectivity index (χ1n) is 4.52. The van der Waals surface area contributed by atoms with E-state index in [1.807, 2.05) is 0 Å². The van der Waals surface area contributed by atoms with Gasteiger partial charge in [0.1, 0.15) is 6.10 Å². The molecule has 0 N–H and O–H groups in total. The molecule has 60 valence electrons. The van der Waals surface area contributed by atoms with Crippen molar-refractivity contribution in [1.82, 2.24) is 0 Å². The smallest absolute Gasteiger partial charge is 0.306 e. The highest BCUT2D eigenvalue weighted by Crippen LogP contribution is 2.53. The van der Waals surface area contributed by atoms with Crippen LogP contribution in [0, 0.1) is 17.8 Å². The van der Waals surface area contributed by atoms with E-state index in [0.29, 0.717) is 18.4 Å². The first-order chi connectivity index (χ1) is 5.33. The molecule has 2 bridgehead atoms. The van der Waals surface area contributed by atoms with E-state index < -0.39 is 0 Å². The van der Waals surface area contributed by atoms with Crippen LogP contribution in [0.2, 0.25) is 0 Å². The van der Waals surface area contributed by atoms with Gasteiger partial charge in [-0.15, -0.1) is 0 Å². The standard InChI is InChI=1S/C9H12O2/c10-9-4-6-1-5-2-7(6)8(3-5)11-9/h5-8H,1-4H2/t5-,6-,7-,8+/m0/s1. The van der Waals surface area contributed by atoms with Crippen molar-refractivity contribution in [3.05, 3.63) is 0 Å². The quantitative estimate of drug-likeness (QED) is 0.490. The molecular formula is C9H12O2. The highest BCUT2D eigenvalue weighted by atomic mass is 16.5. The highest BCUT2D eigenvalue weighted by molar-refractivity contribution is 5.71. The average Bonchev–Trinajstić information content (AvgIpc) is 2.41. The van der Waals surface area contributed by atoms with Gasteiger partial charge in [-0.1, -0.05) is 0 Å². The predicted molar refractivity (Wildman–Crippen MR) is 38.8 cm³/mol. The summed E-state index contributed by atoms with van der Waals surface area (Å²) < 4.78 is 5.27. The van der Waals surface area contributed by atoms with E-state index in [2.05, 4.69) is 0 Å². The van der Waals surface area contributed by atoms with E-state index in [4.69, 9.17) is 4.74 Å². The summed E-state index contributed by atoms with van der Waals surface area (Å²) in [5.74, 6) is 2.39. The number of esters is 1. The van der Waals surface area contributed by atoms with Gasteiger partial charge in [0, 0.05) is 6.42 Å². The summed E-state index contributed by atoms with van der Waals surface area (Å²) >= 11 is 0. The zero-order valence-electron chi connectivity index (χ0n) is 6.45. The summed E-state index contributed by atoms with van der Waals surface area (Å²) in [5.41, 5.74) is 0. The lowest BCUT2D eigenvalue weighted by Gasteiger charge is -2.33. The number of carbonyl (C=O) groups is 1. The minimum atomic E-state index is 0.0524. The van der Waals surface area contributed by atoms with Crippen molar-refractivity contribution >= 4 is 5.97 Å². The van der Waals surface area contributed by atoms with Crippen molar-refractivity contribution in [2.75, 3.05) is 0 Å². The van der Waals surface area contributed by atoms with E-state index in [0.717, 1.165) is 18.3 Å². The van der Waals surface area contributed by atoms with Gasteiger partial charge in [-0.05, 0) is 37.0 Å². The van der Waals surface area contributed by atoms with E-state index in [9.17, 15) is 4.79 Å². The van der Waals surface area contributed by atoms with Crippen LogP contribution >= 0.6 is 0 Å². The van der Waals surface area contributed by atoms with Crippen LogP contribution in [0.3, 0.4) is 0 Å². The number of fused-ring (bicyclic) bond motifs is 1. The van der Waals surface area contributed by atoms with Gasteiger partial charge in [0.05, 0.1) is 0 Å². The predicted octanol–water partition coefficient (Wildman–Crippen LogP) is 1.35. The molecular weight excluding hydrogens is 140 g/mol. The third-order valence-electron chi connectivity index (χ3n) is 3.60. The van der Waals surface area contributed by atoms with Crippen LogP contribution in [0.4, 0.5) is 0 Å². The molecule has 1 aliphatic heterocycles. The molecule has 2 nitrogen and oxygen atoms in total. The summed E-state index contributed by atoms with van der Waals surface area (Å²) in [7, 11) is 0. The highest BCUT2D eigenvalue weighted by Gasteiger charge is 2.51. The van der Waals surface area contributed by atoms with Gasteiger partial charge >= 0.3 is 5.97 Å². The molecule has 0 aromatic rings. The third-order valence-corrected chi connectivity index (χ3v) is 3.60. The Bertz CT molecular complexity index is 194. The molecule has 1 saturated heterocycles. The molecule has 2 saturated carbocycles. The molecule has 0 aromatic heterocycles. The Labute approximate surface area is 65.9 Å². The number of carbonyl (C=O) groups excluding carboxylic acids is 1. The number of ether oxygens (including phenoxy) is 1. The molecule has 1 heterocycles. The monoisotopic (exact) mass is 152 g/mol. The van der Waals surface area contributed by atoms with Crippen molar-refractivity contribution in [3.63, 3.8) is 0 Å². The van der Waals surface area contributed by atoms with Crippen LogP contribution in [0.5, 0.6) is 0 Å². The van der Waals surface area contributed by atoms with Crippen LogP contribution in [0.15, 0.2) is 0 Å². The van der Waals surface area contributed by atoms with E-state index >= 15 is 0 Å². The summed E-state index contributed by atoms with van der Waals surface area (Å²) in [6.45, 7) is 0. The molecule has 3 fully saturated rings. The summed E-state index contributed by atoms with van der Waals surface area (Å²) in [6.07, 6.45) is 4.82. The van der Waals surface area contributed by atoms with Crippen molar-refractivity contribution in [2.45, 2.75) is 31.8 Å². The molecule has 0 spiro atoms. The second-order valence-electron chi connectivity index (χ2n) is 4.23. The second kappa shape index (κ2) is 1.79. The maximum atomic E-state index is 11.0. The Morgan fingerprint density at radius 3 is 2.91 bits per heavy atom. The van der Waals surface area contributed by atoms with Gasteiger partial charge in [-0.25, -0.2) is 0 Å². The maximum Gasteiger partial charge on any atom is 0.306 e. The Balaban J connectivity index is 1.92. The van der Waals surface area contributed by atoms with Crippen molar-refractivity contribution in [3.8, 4) is 0 Å². The summed E-state index contributed by atoms with van der Waals surface area (Å²) in [6, 6.07) is 0. The van der Waals surface area contributed by atoms with Gasteiger partial charge in [-0.2, -0.15) is 0 Å². The fourth-order valence-corrected chi connectivity index (χ4v) is 3.23. The molecule has 0 aromatic carbocycles.